The lowest BCUT2D eigenvalue weighted by Gasteiger charge is -2.34. The number of hydrogen-bond acceptors (Lipinski definition) is 6. The van der Waals surface area contributed by atoms with E-state index < -0.39 is 0 Å². The molecule has 1 aromatic rings. The zero-order chi connectivity index (χ0) is 12.3. The Labute approximate surface area is 106 Å². The monoisotopic (exact) mass is 256 g/mol. The third-order valence-corrected chi connectivity index (χ3v) is 4.13. The fraction of sp³-hybridized carbons (Fsp3) is 0.818. The first-order valence-corrected chi connectivity index (χ1v) is 6.77. The first kappa shape index (κ1) is 12.7. The van der Waals surface area contributed by atoms with Crippen LogP contribution in [0.2, 0.25) is 0 Å². The second kappa shape index (κ2) is 5.29. The number of nitrogens with one attached hydrogen (secondary N) is 1. The maximum Gasteiger partial charge on any atom is 0.149 e. The van der Waals surface area contributed by atoms with E-state index in [-0.39, 0.29) is 0 Å². The summed E-state index contributed by atoms with van der Waals surface area (Å²) in [5.41, 5.74) is 3.88. The number of aromatic nitrogens is 2. The minimum atomic E-state index is 0.357. The first-order valence-electron chi connectivity index (χ1n) is 6.00. The molecule has 0 saturated heterocycles. The Morgan fingerprint density at radius 2 is 2.18 bits per heavy atom. The van der Waals surface area contributed by atoms with Gasteiger partial charge < -0.3 is 10.2 Å². The van der Waals surface area contributed by atoms with Gasteiger partial charge in [-0.05, 0) is 31.1 Å². The van der Waals surface area contributed by atoms with Crippen molar-refractivity contribution in [1.29, 1.82) is 0 Å². The molecule has 0 unspecified atom stereocenters. The van der Waals surface area contributed by atoms with E-state index in [0.717, 1.165) is 23.5 Å². The minimum absolute atomic E-state index is 0.357. The molecule has 1 aromatic heterocycles. The van der Waals surface area contributed by atoms with Gasteiger partial charge in [0.15, 0.2) is 0 Å². The average Bonchev–Trinajstić information content (AvgIpc) is 2.75. The molecule has 1 aliphatic rings. The molecule has 17 heavy (non-hydrogen) atoms. The molecule has 1 aliphatic carbocycles. The molecule has 3 N–H and O–H groups in total. The van der Waals surface area contributed by atoms with E-state index in [2.05, 4.69) is 28.9 Å². The van der Waals surface area contributed by atoms with Gasteiger partial charge in [0.25, 0.3) is 0 Å². The predicted molar refractivity (Wildman–Crippen MR) is 68.5 cm³/mol. The van der Waals surface area contributed by atoms with E-state index in [1.807, 2.05) is 0 Å². The Kier molecular flexibility index (Phi) is 3.96. The van der Waals surface area contributed by atoms with Crippen molar-refractivity contribution in [3.05, 3.63) is 5.69 Å². The Balaban J connectivity index is 1.80. The van der Waals surface area contributed by atoms with Crippen LogP contribution in [-0.4, -0.2) is 15.7 Å². The zero-order valence-corrected chi connectivity index (χ0v) is 11.2. The summed E-state index contributed by atoms with van der Waals surface area (Å²) in [4.78, 5) is 0. The fourth-order valence-electron chi connectivity index (χ4n) is 2.15. The zero-order valence-electron chi connectivity index (χ0n) is 10.4. The van der Waals surface area contributed by atoms with Gasteiger partial charge in [-0.25, -0.2) is 5.84 Å². The van der Waals surface area contributed by atoms with Crippen molar-refractivity contribution in [2.45, 2.75) is 52.2 Å². The van der Waals surface area contributed by atoms with Gasteiger partial charge in [-0.15, -0.1) is 5.10 Å². The molecule has 0 spiro atoms. The van der Waals surface area contributed by atoms with E-state index >= 15 is 0 Å². The Morgan fingerprint density at radius 1 is 1.47 bits per heavy atom. The van der Waals surface area contributed by atoms with Gasteiger partial charge in [0.05, 0.1) is 12.7 Å². The Bertz CT molecular complexity index is 356. The molecule has 2 rings (SSSR count). The molecule has 0 aliphatic heterocycles. The topological polar surface area (TPSA) is 73.1 Å². The lowest BCUT2D eigenvalue weighted by Crippen LogP contribution is -2.26. The van der Waals surface area contributed by atoms with Gasteiger partial charge in [0.1, 0.15) is 10.7 Å². The largest absolute Gasteiger partial charge is 0.372 e. The van der Waals surface area contributed by atoms with Gasteiger partial charge >= 0.3 is 0 Å². The van der Waals surface area contributed by atoms with Crippen LogP contribution in [-0.2, 0) is 11.3 Å². The molecule has 1 heterocycles. The van der Waals surface area contributed by atoms with Gasteiger partial charge in [0, 0.05) is 11.5 Å². The van der Waals surface area contributed by atoms with E-state index in [0.29, 0.717) is 18.1 Å². The molecule has 6 heteroatoms. The average molecular weight is 256 g/mol. The van der Waals surface area contributed by atoms with Crippen LogP contribution in [0, 0.1) is 5.41 Å². The van der Waals surface area contributed by atoms with Crippen molar-refractivity contribution in [3.8, 4) is 0 Å². The number of hydrazine groups is 1. The van der Waals surface area contributed by atoms with E-state index in [4.69, 9.17) is 10.6 Å². The van der Waals surface area contributed by atoms with Crippen molar-refractivity contribution in [1.82, 2.24) is 9.59 Å². The van der Waals surface area contributed by atoms with Crippen LogP contribution in [0.4, 0.5) is 5.00 Å². The summed E-state index contributed by atoms with van der Waals surface area (Å²) in [6, 6.07) is 0. The molecule has 0 bridgehead atoms. The number of nitrogens with zero attached hydrogens (tertiary/aromatic N) is 2. The SMILES string of the molecule is CC1(C)CCC(OCc2nnsc2NN)CC1. The summed E-state index contributed by atoms with van der Waals surface area (Å²) in [6.45, 7) is 5.15. The van der Waals surface area contributed by atoms with Gasteiger partial charge in [0.2, 0.25) is 0 Å². The van der Waals surface area contributed by atoms with Gasteiger partial charge in [-0.1, -0.05) is 18.3 Å². The van der Waals surface area contributed by atoms with Crippen LogP contribution in [0.1, 0.15) is 45.2 Å². The lowest BCUT2D eigenvalue weighted by molar-refractivity contribution is -0.00668. The molecule has 0 aromatic carbocycles. The molecular formula is C11H20N4OS. The highest BCUT2D eigenvalue weighted by Gasteiger charge is 2.27. The Morgan fingerprint density at radius 3 is 2.82 bits per heavy atom. The summed E-state index contributed by atoms with van der Waals surface area (Å²) in [7, 11) is 0. The molecule has 0 amide bonds. The number of nitrogens with two attached hydrogens (primary N) is 1. The molecule has 5 nitrogen and oxygen atoms in total. The van der Waals surface area contributed by atoms with Crippen molar-refractivity contribution in [2.75, 3.05) is 5.43 Å². The van der Waals surface area contributed by atoms with Crippen LogP contribution in [0.15, 0.2) is 0 Å². The predicted octanol–water partition coefficient (Wildman–Crippen LogP) is 2.31. The summed E-state index contributed by atoms with van der Waals surface area (Å²) in [6.07, 6.45) is 5.09. The first-order chi connectivity index (χ1) is 8.11. The summed E-state index contributed by atoms with van der Waals surface area (Å²) < 4.78 is 9.72. The highest BCUT2D eigenvalue weighted by molar-refractivity contribution is 7.10. The summed E-state index contributed by atoms with van der Waals surface area (Å²) >= 11 is 1.26. The van der Waals surface area contributed by atoms with Crippen molar-refractivity contribution < 1.29 is 4.74 Å². The second-order valence-corrected chi connectivity index (χ2v) is 6.12. The number of ether oxygens (including phenoxy) is 1. The minimum Gasteiger partial charge on any atom is -0.372 e. The van der Waals surface area contributed by atoms with Crippen molar-refractivity contribution in [2.24, 2.45) is 11.3 Å². The van der Waals surface area contributed by atoms with Crippen molar-refractivity contribution in [3.63, 3.8) is 0 Å². The van der Waals surface area contributed by atoms with Crippen LogP contribution >= 0.6 is 11.5 Å². The van der Waals surface area contributed by atoms with E-state index in [1.165, 1.54) is 24.4 Å². The standard InChI is InChI=1S/C11H20N4OS/c1-11(2)5-3-8(4-6-11)16-7-9-10(13-12)17-15-14-9/h8,13H,3-7,12H2,1-2H3. The lowest BCUT2D eigenvalue weighted by atomic mass is 9.76. The van der Waals surface area contributed by atoms with Crippen LogP contribution in [0.3, 0.4) is 0 Å². The van der Waals surface area contributed by atoms with Crippen LogP contribution < -0.4 is 11.3 Å². The number of rotatable bonds is 4. The summed E-state index contributed by atoms with van der Waals surface area (Å²) in [5, 5.41) is 4.79. The normalized spacial score (nSPS) is 20.4. The third-order valence-electron chi connectivity index (χ3n) is 3.43. The van der Waals surface area contributed by atoms with Gasteiger partial charge in [-0.2, -0.15) is 0 Å². The third kappa shape index (κ3) is 3.37. The van der Waals surface area contributed by atoms with Crippen LogP contribution in [0.5, 0.6) is 0 Å². The van der Waals surface area contributed by atoms with Crippen molar-refractivity contribution >= 4 is 16.5 Å². The Hall–Kier alpha value is -0.720. The number of nitrogen functional groups attached to an aromatic ring is 1. The molecule has 1 saturated carbocycles. The number of anilines is 1. The highest BCUT2D eigenvalue weighted by atomic mass is 32.1. The maximum absolute atomic E-state index is 5.87. The van der Waals surface area contributed by atoms with E-state index in [1.54, 1.807) is 0 Å². The molecule has 1 fully saturated rings. The summed E-state index contributed by atoms with van der Waals surface area (Å²) in [5.74, 6) is 5.36. The molecule has 0 radical (unpaired) electrons. The molecule has 96 valence electrons. The van der Waals surface area contributed by atoms with E-state index in [9.17, 15) is 0 Å². The quantitative estimate of drug-likeness (QED) is 0.639. The van der Waals surface area contributed by atoms with Gasteiger partial charge in [-0.3, -0.25) is 0 Å². The molecule has 0 atom stereocenters. The highest BCUT2D eigenvalue weighted by Crippen LogP contribution is 2.36. The fourth-order valence-corrected chi connectivity index (χ4v) is 2.63. The van der Waals surface area contributed by atoms with Crippen LogP contribution in [0.25, 0.3) is 0 Å². The maximum atomic E-state index is 5.87. The number of hydrogen-bond donors (Lipinski definition) is 2. The smallest absolute Gasteiger partial charge is 0.149 e. The molecular weight excluding hydrogens is 236 g/mol. The second-order valence-electron chi connectivity index (χ2n) is 5.37.